The van der Waals surface area contributed by atoms with Gasteiger partial charge in [-0.1, -0.05) is 17.7 Å². The number of hydrogen-bond acceptors (Lipinski definition) is 3. The summed E-state index contributed by atoms with van der Waals surface area (Å²) in [5, 5.41) is 2.86. The zero-order chi connectivity index (χ0) is 14.9. The summed E-state index contributed by atoms with van der Waals surface area (Å²) >= 11 is 0. The lowest BCUT2D eigenvalue weighted by atomic mass is 9.75. The maximum absolute atomic E-state index is 12.2. The molecular weight excluding hydrogens is 262 g/mol. The second-order valence-electron chi connectivity index (χ2n) is 5.77. The number of nitrogens with zero attached hydrogens (tertiary/aromatic N) is 1. The molecule has 0 spiro atoms. The van der Waals surface area contributed by atoms with Gasteiger partial charge >= 0.3 is 0 Å². The molecule has 21 heavy (non-hydrogen) atoms. The van der Waals surface area contributed by atoms with Crippen molar-refractivity contribution in [2.24, 2.45) is 5.73 Å². The lowest BCUT2D eigenvalue weighted by Crippen LogP contribution is -2.43. The number of nitrogens with one attached hydrogen (secondary N) is 1. The number of aromatic nitrogens is 1. The van der Waals surface area contributed by atoms with Crippen LogP contribution in [0.2, 0.25) is 0 Å². The minimum Gasteiger partial charge on any atom is -0.321 e. The van der Waals surface area contributed by atoms with Crippen molar-refractivity contribution in [2.45, 2.75) is 31.7 Å². The van der Waals surface area contributed by atoms with Crippen LogP contribution >= 0.6 is 0 Å². The number of amides is 1. The number of rotatable bonds is 3. The van der Waals surface area contributed by atoms with Crippen molar-refractivity contribution in [2.75, 3.05) is 5.32 Å². The quantitative estimate of drug-likeness (QED) is 0.908. The molecule has 1 heterocycles. The lowest BCUT2D eigenvalue weighted by molar-refractivity contribution is 0.102. The normalized spacial score (nSPS) is 16.1. The monoisotopic (exact) mass is 281 g/mol. The predicted octanol–water partition coefficient (Wildman–Crippen LogP) is 2.98. The first-order valence-corrected chi connectivity index (χ1v) is 7.20. The molecular formula is C17H19N3O. The van der Waals surface area contributed by atoms with E-state index in [0.717, 1.165) is 30.5 Å². The van der Waals surface area contributed by atoms with Crippen LogP contribution in [0.1, 0.15) is 40.9 Å². The summed E-state index contributed by atoms with van der Waals surface area (Å²) in [7, 11) is 0. The van der Waals surface area contributed by atoms with Gasteiger partial charge in [-0.2, -0.15) is 0 Å². The van der Waals surface area contributed by atoms with Crippen molar-refractivity contribution in [1.82, 2.24) is 4.98 Å². The molecule has 3 rings (SSSR count). The van der Waals surface area contributed by atoms with Crippen LogP contribution in [0, 0.1) is 6.92 Å². The van der Waals surface area contributed by atoms with Crippen LogP contribution in [0.25, 0.3) is 0 Å². The molecule has 1 amide bonds. The highest BCUT2D eigenvalue weighted by atomic mass is 16.1. The topological polar surface area (TPSA) is 68.0 Å². The molecule has 3 N–H and O–H groups in total. The second kappa shape index (κ2) is 5.30. The van der Waals surface area contributed by atoms with E-state index >= 15 is 0 Å². The summed E-state index contributed by atoms with van der Waals surface area (Å²) in [6, 6.07) is 11.3. The van der Waals surface area contributed by atoms with Crippen molar-refractivity contribution >= 4 is 11.6 Å². The van der Waals surface area contributed by atoms with Gasteiger partial charge in [0, 0.05) is 5.56 Å². The van der Waals surface area contributed by atoms with Crippen molar-refractivity contribution in [3.63, 3.8) is 0 Å². The molecule has 0 atom stereocenters. The molecule has 108 valence electrons. The Balaban J connectivity index is 1.72. The fraction of sp³-hybridized carbons (Fsp3) is 0.294. The summed E-state index contributed by atoms with van der Waals surface area (Å²) < 4.78 is 0. The number of aryl methyl sites for hydroxylation is 1. The van der Waals surface area contributed by atoms with Gasteiger partial charge < -0.3 is 11.1 Å². The summed E-state index contributed by atoms with van der Waals surface area (Å²) in [5.74, 6) is -0.126. The molecule has 1 saturated carbocycles. The molecule has 0 unspecified atom stereocenters. The van der Waals surface area contributed by atoms with E-state index in [2.05, 4.69) is 10.3 Å². The third kappa shape index (κ3) is 2.81. The minimum absolute atomic E-state index is 0.126. The Kier molecular flexibility index (Phi) is 3.47. The molecule has 1 aliphatic carbocycles. The summed E-state index contributed by atoms with van der Waals surface area (Å²) in [6.07, 6.45) is 4.80. The van der Waals surface area contributed by atoms with Gasteiger partial charge in [0.1, 0.15) is 0 Å². The molecule has 0 saturated heterocycles. The maximum Gasteiger partial charge on any atom is 0.255 e. The van der Waals surface area contributed by atoms with Crippen LogP contribution in [0.5, 0.6) is 0 Å². The molecule has 1 aliphatic rings. The molecule has 0 aliphatic heterocycles. The van der Waals surface area contributed by atoms with Crippen LogP contribution in [0.3, 0.4) is 0 Å². The van der Waals surface area contributed by atoms with Crippen molar-refractivity contribution in [3.8, 4) is 0 Å². The van der Waals surface area contributed by atoms with E-state index in [4.69, 9.17) is 5.73 Å². The largest absolute Gasteiger partial charge is 0.321 e. The zero-order valence-electron chi connectivity index (χ0n) is 12.1. The van der Waals surface area contributed by atoms with Crippen LogP contribution in [0.15, 0.2) is 42.6 Å². The fourth-order valence-electron chi connectivity index (χ4n) is 2.57. The Morgan fingerprint density at radius 3 is 2.67 bits per heavy atom. The van der Waals surface area contributed by atoms with Gasteiger partial charge in [0.05, 0.1) is 23.1 Å². The van der Waals surface area contributed by atoms with E-state index in [0.29, 0.717) is 11.3 Å². The van der Waals surface area contributed by atoms with Crippen LogP contribution in [-0.2, 0) is 5.54 Å². The number of pyridine rings is 1. The van der Waals surface area contributed by atoms with Gasteiger partial charge in [0.15, 0.2) is 0 Å². The standard InChI is InChI=1S/C17H19N3O/c1-12-4-2-5-13(10-12)16(21)20-14-6-7-15(19-11-14)17(18)8-3-9-17/h2,4-7,10-11H,3,8-9,18H2,1H3,(H,20,21). The smallest absolute Gasteiger partial charge is 0.255 e. The van der Waals surface area contributed by atoms with E-state index in [1.54, 1.807) is 12.3 Å². The molecule has 2 aromatic rings. The Labute approximate surface area is 124 Å². The van der Waals surface area contributed by atoms with E-state index in [1.807, 2.05) is 37.3 Å². The van der Waals surface area contributed by atoms with Crippen LogP contribution in [0.4, 0.5) is 5.69 Å². The Bertz CT molecular complexity index is 660. The molecule has 0 bridgehead atoms. The van der Waals surface area contributed by atoms with Crippen molar-refractivity contribution < 1.29 is 4.79 Å². The van der Waals surface area contributed by atoms with Gasteiger partial charge in [-0.05, 0) is 50.5 Å². The van der Waals surface area contributed by atoms with Crippen LogP contribution in [-0.4, -0.2) is 10.9 Å². The first kappa shape index (κ1) is 13.8. The second-order valence-corrected chi connectivity index (χ2v) is 5.77. The van der Waals surface area contributed by atoms with Crippen LogP contribution < -0.4 is 11.1 Å². The molecule has 1 aromatic heterocycles. The number of hydrogen-bond donors (Lipinski definition) is 2. The summed E-state index contributed by atoms with van der Waals surface area (Å²) in [6.45, 7) is 1.96. The average Bonchev–Trinajstić information content (AvgIpc) is 2.45. The fourth-order valence-corrected chi connectivity index (χ4v) is 2.57. The lowest BCUT2D eigenvalue weighted by Gasteiger charge is -2.37. The Morgan fingerprint density at radius 2 is 2.10 bits per heavy atom. The van der Waals surface area contributed by atoms with Gasteiger partial charge in [-0.15, -0.1) is 0 Å². The Hall–Kier alpha value is -2.20. The van der Waals surface area contributed by atoms with Gasteiger partial charge in [0.25, 0.3) is 5.91 Å². The predicted molar refractivity (Wildman–Crippen MR) is 83.1 cm³/mol. The Morgan fingerprint density at radius 1 is 1.29 bits per heavy atom. The highest BCUT2D eigenvalue weighted by molar-refractivity contribution is 6.04. The van der Waals surface area contributed by atoms with Gasteiger partial charge in [-0.3, -0.25) is 9.78 Å². The number of nitrogens with two attached hydrogens (primary N) is 1. The third-order valence-corrected chi connectivity index (χ3v) is 4.06. The molecule has 0 radical (unpaired) electrons. The summed E-state index contributed by atoms with van der Waals surface area (Å²) in [4.78, 5) is 16.5. The summed E-state index contributed by atoms with van der Waals surface area (Å²) in [5.41, 5.74) is 9.27. The first-order valence-electron chi connectivity index (χ1n) is 7.20. The first-order chi connectivity index (χ1) is 10.1. The van der Waals surface area contributed by atoms with Gasteiger partial charge in [-0.25, -0.2) is 0 Å². The van der Waals surface area contributed by atoms with E-state index in [1.165, 1.54) is 0 Å². The van der Waals surface area contributed by atoms with Crippen molar-refractivity contribution in [3.05, 3.63) is 59.4 Å². The third-order valence-electron chi connectivity index (χ3n) is 4.06. The van der Waals surface area contributed by atoms with Gasteiger partial charge in [0.2, 0.25) is 0 Å². The number of benzene rings is 1. The number of anilines is 1. The molecule has 1 fully saturated rings. The highest BCUT2D eigenvalue weighted by Crippen LogP contribution is 2.37. The van der Waals surface area contributed by atoms with Crippen molar-refractivity contribution in [1.29, 1.82) is 0 Å². The number of carbonyl (C=O) groups is 1. The van der Waals surface area contributed by atoms with E-state index < -0.39 is 0 Å². The number of carbonyl (C=O) groups excluding carboxylic acids is 1. The SMILES string of the molecule is Cc1cccc(C(=O)Nc2ccc(C3(N)CCC3)nc2)c1. The maximum atomic E-state index is 12.2. The molecule has 4 heteroatoms. The molecule has 1 aromatic carbocycles. The zero-order valence-corrected chi connectivity index (χ0v) is 12.1. The average molecular weight is 281 g/mol. The van der Waals surface area contributed by atoms with E-state index in [9.17, 15) is 4.79 Å². The van der Waals surface area contributed by atoms with E-state index in [-0.39, 0.29) is 11.4 Å². The minimum atomic E-state index is -0.265. The molecule has 4 nitrogen and oxygen atoms in total. The highest BCUT2D eigenvalue weighted by Gasteiger charge is 2.35.